The summed E-state index contributed by atoms with van der Waals surface area (Å²) < 4.78 is 40.9. The molecule has 0 aliphatic heterocycles. The molecule has 9 heteroatoms. The maximum absolute atomic E-state index is 12.1. The van der Waals surface area contributed by atoms with E-state index in [1.165, 1.54) is 5.32 Å². The molecule has 0 saturated carbocycles. The molecule has 0 aromatic heterocycles. The number of nitrogens with one attached hydrogen (secondary N) is 1. The zero-order valence-corrected chi connectivity index (χ0v) is 9.41. The molecule has 0 saturated heterocycles. The Bertz CT molecular complexity index is 527. The number of anilines is 1. The minimum Gasteiger partial charge on any atom is -0.504 e. The van der Waals surface area contributed by atoms with Gasteiger partial charge in [-0.05, 0) is 0 Å². The Balaban J connectivity index is 3.25. The molecule has 19 heavy (non-hydrogen) atoms. The Kier molecular flexibility index (Phi) is 3.88. The maximum Gasteiger partial charge on any atom is 0.471 e. The van der Waals surface area contributed by atoms with Crippen LogP contribution in [0.3, 0.4) is 0 Å². The Morgan fingerprint density at radius 1 is 1.32 bits per heavy atom. The molecule has 104 valence electrons. The van der Waals surface area contributed by atoms with E-state index in [1.54, 1.807) is 0 Å². The Hall–Kier alpha value is -2.45. The van der Waals surface area contributed by atoms with E-state index in [0.717, 1.165) is 13.2 Å². The number of alkyl halides is 3. The number of aromatic carboxylic acids is 1. The number of benzene rings is 1. The highest BCUT2D eigenvalue weighted by molar-refractivity contribution is 6.03. The molecule has 0 heterocycles. The lowest BCUT2D eigenvalue weighted by atomic mass is 10.1. The largest absolute Gasteiger partial charge is 0.504 e. The second-order valence-electron chi connectivity index (χ2n) is 3.33. The van der Waals surface area contributed by atoms with Gasteiger partial charge in [-0.15, -0.1) is 0 Å². The molecule has 0 bridgehead atoms. The number of carbonyl (C=O) groups excluding carboxylic acids is 1. The average Bonchev–Trinajstić information content (AvgIpc) is 2.29. The maximum atomic E-state index is 12.1. The normalized spacial score (nSPS) is 10.9. The lowest BCUT2D eigenvalue weighted by Crippen LogP contribution is -2.30. The molecule has 0 unspecified atom stereocenters. The van der Waals surface area contributed by atoms with Crippen molar-refractivity contribution in [3.8, 4) is 11.5 Å². The van der Waals surface area contributed by atoms with Crippen LogP contribution in [0.5, 0.6) is 11.5 Å². The van der Waals surface area contributed by atoms with Gasteiger partial charge < -0.3 is 20.3 Å². The molecule has 0 aliphatic rings. The summed E-state index contributed by atoms with van der Waals surface area (Å²) in [4.78, 5) is 21.6. The van der Waals surface area contributed by atoms with E-state index in [9.17, 15) is 27.9 Å². The summed E-state index contributed by atoms with van der Waals surface area (Å²) in [7, 11) is 1.12. The van der Waals surface area contributed by atoms with Gasteiger partial charge in [-0.2, -0.15) is 13.2 Å². The van der Waals surface area contributed by atoms with Gasteiger partial charge in [0.25, 0.3) is 0 Å². The van der Waals surface area contributed by atoms with Gasteiger partial charge in [0.05, 0.1) is 18.4 Å². The van der Waals surface area contributed by atoms with Crippen molar-refractivity contribution in [2.24, 2.45) is 0 Å². The minimum absolute atomic E-state index is 0.275. The van der Waals surface area contributed by atoms with Gasteiger partial charge in [-0.25, -0.2) is 4.79 Å². The summed E-state index contributed by atoms with van der Waals surface area (Å²) in [6, 6.07) is 1.45. The van der Waals surface area contributed by atoms with E-state index >= 15 is 0 Å². The third-order valence-corrected chi connectivity index (χ3v) is 2.06. The number of carbonyl (C=O) groups is 2. The lowest BCUT2D eigenvalue weighted by Gasteiger charge is -2.12. The van der Waals surface area contributed by atoms with E-state index in [1.807, 2.05) is 0 Å². The van der Waals surface area contributed by atoms with Gasteiger partial charge in [-0.1, -0.05) is 0 Å². The number of carboxylic acids is 1. The zero-order valence-electron chi connectivity index (χ0n) is 9.41. The summed E-state index contributed by atoms with van der Waals surface area (Å²) in [6.45, 7) is 0. The molecular weight excluding hydrogens is 271 g/mol. The Morgan fingerprint density at radius 2 is 1.89 bits per heavy atom. The molecule has 6 nitrogen and oxygen atoms in total. The summed E-state index contributed by atoms with van der Waals surface area (Å²) in [6.07, 6.45) is -5.17. The van der Waals surface area contributed by atoms with Crippen LogP contribution < -0.4 is 10.1 Å². The SMILES string of the molecule is COc1cc(NC(=O)C(F)(F)F)c(C(=O)O)cc1O. The van der Waals surface area contributed by atoms with Crippen LogP contribution in [0, 0.1) is 0 Å². The van der Waals surface area contributed by atoms with E-state index in [4.69, 9.17) is 5.11 Å². The Morgan fingerprint density at radius 3 is 2.32 bits per heavy atom. The highest BCUT2D eigenvalue weighted by Crippen LogP contribution is 2.33. The number of carboxylic acid groups (broad SMARTS) is 1. The van der Waals surface area contributed by atoms with Crippen molar-refractivity contribution in [1.29, 1.82) is 0 Å². The third-order valence-electron chi connectivity index (χ3n) is 2.06. The molecular formula is C10H8F3NO5. The van der Waals surface area contributed by atoms with Gasteiger partial charge in [0.15, 0.2) is 11.5 Å². The summed E-state index contributed by atoms with van der Waals surface area (Å²) >= 11 is 0. The van der Waals surface area contributed by atoms with Crippen molar-refractivity contribution in [1.82, 2.24) is 0 Å². The van der Waals surface area contributed by atoms with Crippen molar-refractivity contribution in [2.75, 3.05) is 12.4 Å². The number of ether oxygens (including phenoxy) is 1. The summed E-state index contributed by atoms with van der Waals surface area (Å²) in [5, 5.41) is 19.5. The van der Waals surface area contributed by atoms with E-state index < -0.39 is 35.1 Å². The second kappa shape index (κ2) is 5.04. The van der Waals surface area contributed by atoms with Crippen LogP contribution >= 0.6 is 0 Å². The molecule has 0 radical (unpaired) electrons. The molecule has 0 spiro atoms. The van der Waals surface area contributed by atoms with Crippen LogP contribution in [0.4, 0.5) is 18.9 Å². The first-order valence-corrected chi connectivity index (χ1v) is 4.69. The fourth-order valence-electron chi connectivity index (χ4n) is 1.21. The number of phenols is 1. The van der Waals surface area contributed by atoms with E-state index in [0.29, 0.717) is 6.07 Å². The molecule has 1 amide bonds. The van der Waals surface area contributed by atoms with Crippen LogP contribution in [-0.2, 0) is 4.79 Å². The quantitative estimate of drug-likeness (QED) is 0.730. The Labute approximate surface area is 104 Å². The minimum atomic E-state index is -5.17. The predicted octanol–water partition coefficient (Wildman–Crippen LogP) is 1.60. The standard InChI is InChI=1S/C10H8F3NO5/c1-19-7-3-5(14-9(18)10(11,12)13)4(8(16)17)2-6(7)15/h2-3,15H,1H3,(H,14,18)(H,16,17). The van der Waals surface area contributed by atoms with Gasteiger partial charge >= 0.3 is 18.1 Å². The number of methoxy groups -OCH3 is 1. The summed E-state index contributed by atoms with van der Waals surface area (Å²) in [5.74, 6) is -4.80. The van der Waals surface area contributed by atoms with Crippen molar-refractivity contribution in [3.05, 3.63) is 17.7 Å². The van der Waals surface area contributed by atoms with Crippen LogP contribution in [0.2, 0.25) is 0 Å². The number of amides is 1. The first-order valence-electron chi connectivity index (χ1n) is 4.69. The zero-order chi connectivity index (χ0) is 14.8. The number of halogens is 3. The van der Waals surface area contributed by atoms with Crippen molar-refractivity contribution >= 4 is 17.6 Å². The van der Waals surface area contributed by atoms with Gasteiger partial charge in [0.2, 0.25) is 0 Å². The molecule has 0 atom stereocenters. The number of phenolic OH excluding ortho intramolecular Hbond substituents is 1. The number of rotatable bonds is 3. The van der Waals surface area contributed by atoms with Gasteiger partial charge in [0, 0.05) is 12.1 Å². The molecule has 1 rings (SSSR count). The van der Waals surface area contributed by atoms with E-state index in [2.05, 4.69) is 4.74 Å². The van der Waals surface area contributed by atoms with Crippen molar-refractivity contribution < 1.29 is 37.7 Å². The van der Waals surface area contributed by atoms with Gasteiger partial charge in [0.1, 0.15) is 0 Å². The van der Waals surface area contributed by atoms with Crippen LogP contribution in [-0.4, -0.2) is 35.4 Å². The lowest BCUT2D eigenvalue weighted by molar-refractivity contribution is -0.167. The van der Waals surface area contributed by atoms with Crippen LogP contribution in [0.15, 0.2) is 12.1 Å². The van der Waals surface area contributed by atoms with Crippen LogP contribution in [0.1, 0.15) is 10.4 Å². The van der Waals surface area contributed by atoms with Crippen molar-refractivity contribution in [2.45, 2.75) is 6.18 Å². The monoisotopic (exact) mass is 279 g/mol. The number of aromatic hydroxyl groups is 1. The molecule has 1 aromatic carbocycles. The third kappa shape index (κ3) is 3.27. The highest BCUT2D eigenvalue weighted by Gasteiger charge is 2.39. The smallest absolute Gasteiger partial charge is 0.471 e. The summed E-state index contributed by atoms with van der Waals surface area (Å²) in [5.41, 5.74) is -1.33. The van der Waals surface area contributed by atoms with Crippen LogP contribution in [0.25, 0.3) is 0 Å². The highest BCUT2D eigenvalue weighted by atomic mass is 19.4. The van der Waals surface area contributed by atoms with E-state index in [-0.39, 0.29) is 5.75 Å². The predicted molar refractivity (Wildman–Crippen MR) is 56.3 cm³/mol. The average molecular weight is 279 g/mol. The fraction of sp³-hybridized carbons (Fsp3) is 0.200. The number of hydrogen-bond donors (Lipinski definition) is 3. The first-order chi connectivity index (χ1) is 8.66. The molecule has 0 aliphatic carbocycles. The molecule has 3 N–H and O–H groups in total. The first kappa shape index (κ1) is 14.6. The molecule has 1 aromatic rings. The topological polar surface area (TPSA) is 95.9 Å². The fourth-order valence-corrected chi connectivity index (χ4v) is 1.21. The molecule has 0 fully saturated rings. The number of hydrogen-bond acceptors (Lipinski definition) is 4. The van der Waals surface area contributed by atoms with Gasteiger partial charge in [-0.3, -0.25) is 4.79 Å². The second-order valence-corrected chi connectivity index (χ2v) is 3.33. The van der Waals surface area contributed by atoms with Crippen molar-refractivity contribution in [3.63, 3.8) is 0 Å².